The van der Waals surface area contributed by atoms with E-state index in [1.807, 2.05) is 0 Å². The molecule has 0 radical (unpaired) electrons. The molecule has 0 bridgehead atoms. The number of nitrogens with zero attached hydrogens (tertiary/aromatic N) is 2. The molecule has 2 aromatic rings. The lowest BCUT2D eigenvalue weighted by Gasteiger charge is -2.25. The fraction of sp³-hybridized carbons (Fsp3) is 0.444. The van der Waals surface area contributed by atoms with Crippen molar-refractivity contribution >= 4 is 17.2 Å². The molecule has 1 saturated heterocycles. The van der Waals surface area contributed by atoms with Crippen LogP contribution in [0.4, 0.5) is 0 Å². The number of piperidine rings is 1. The van der Waals surface area contributed by atoms with Crippen LogP contribution >= 0.6 is 11.3 Å². The Morgan fingerprint density at radius 2 is 1.96 bits per heavy atom. The fourth-order valence-electron chi connectivity index (χ4n) is 2.80. The van der Waals surface area contributed by atoms with E-state index in [1.54, 1.807) is 11.3 Å². The molecule has 0 saturated carbocycles. The van der Waals surface area contributed by atoms with Crippen LogP contribution in [0.25, 0.3) is 11.3 Å². The van der Waals surface area contributed by atoms with E-state index in [-0.39, 0.29) is 5.91 Å². The van der Waals surface area contributed by atoms with Crippen LogP contribution < -0.4 is 5.32 Å². The number of benzene rings is 1. The van der Waals surface area contributed by atoms with Crippen molar-refractivity contribution in [2.45, 2.75) is 32.7 Å². The van der Waals surface area contributed by atoms with Crippen LogP contribution in [0.15, 0.2) is 29.6 Å². The molecule has 1 aliphatic rings. The monoisotopic (exact) mass is 329 g/mol. The van der Waals surface area contributed by atoms with Crippen molar-refractivity contribution in [3.63, 3.8) is 0 Å². The third kappa shape index (κ3) is 4.62. The van der Waals surface area contributed by atoms with Crippen LogP contribution in [0, 0.1) is 6.92 Å². The molecule has 0 spiro atoms. The maximum absolute atomic E-state index is 12.0. The lowest BCUT2D eigenvalue weighted by atomic mass is 10.1. The van der Waals surface area contributed by atoms with Crippen LogP contribution in [0.2, 0.25) is 0 Å². The lowest BCUT2D eigenvalue weighted by molar-refractivity contribution is -0.122. The lowest BCUT2D eigenvalue weighted by Crippen LogP contribution is -2.39. The Hall–Kier alpha value is -1.72. The Morgan fingerprint density at radius 1 is 1.22 bits per heavy atom. The topological polar surface area (TPSA) is 45.2 Å². The quantitative estimate of drug-likeness (QED) is 0.916. The summed E-state index contributed by atoms with van der Waals surface area (Å²) >= 11 is 1.60. The van der Waals surface area contributed by atoms with E-state index in [9.17, 15) is 4.79 Å². The maximum Gasteiger partial charge on any atom is 0.234 e. The van der Waals surface area contributed by atoms with Crippen molar-refractivity contribution in [3.8, 4) is 11.3 Å². The molecule has 1 N–H and O–H groups in total. The van der Waals surface area contributed by atoms with E-state index in [0.717, 1.165) is 29.4 Å². The molecule has 1 aromatic carbocycles. The van der Waals surface area contributed by atoms with Crippen molar-refractivity contribution in [2.24, 2.45) is 0 Å². The number of carbonyl (C=O) groups excluding carboxylic acids is 1. The first-order valence-corrected chi connectivity index (χ1v) is 9.09. The van der Waals surface area contributed by atoms with E-state index in [1.165, 1.54) is 24.8 Å². The Bertz CT molecular complexity index is 645. The van der Waals surface area contributed by atoms with Gasteiger partial charge in [-0.3, -0.25) is 9.69 Å². The molecule has 5 heteroatoms. The van der Waals surface area contributed by atoms with E-state index in [4.69, 9.17) is 0 Å². The zero-order valence-electron chi connectivity index (χ0n) is 13.5. The highest BCUT2D eigenvalue weighted by Crippen LogP contribution is 2.22. The number of hydrogen-bond donors (Lipinski definition) is 1. The first kappa shape index (κ1) is 16.1. The fourth-order valence-corrected chi connectivity index (χ4v) is 3.54. The Balaban J connectivity index is 1.50. The van der Waals surface area contributed by atoms with E-state index in [0.29, 0.717) is 13.1 Å². The highest BCUT2D eigenvalue weighted by Gasteiger charge is 2.14. The molecule has 23 heavy (non-hydrogen) atoms. The van der Waals surface area contributed by atoms with Crippen LogP contribution in [0.3, 0.4) is 0 Å². The molecule has 0 atom stereocenters. The first-order valence-electron chi connectivity index (χ1n) is 8.21. The van der Waals surface area contributed by atoms with Crippen LogP contribution in [-0.2, 0) is 11.3 Å². The van der Waals surface area contributed by atoms with Gasteiger partial charge < -0.3 is 5.32 Å². The SMILES string of the molecule is Cc1ccc(-c2csc(CNC(=O)CN3CCCCC3)n2)cc1. The zero-order valence-corrected chi connectivity index (χ0v) is 14.4. The standard InChI is InChI=1S/C18H23N3OS/c1-14-5-7-15(8-6-14)16-13-23-18(20-16)11-19-17(22)12-21-9-3-2-4-10-21/h5-8,13H,2-4,9-12H2,1H3,(H,19,22). The van der Waals surface area contributed by atoms with Gasteiger partial charge in [-0.2, -0.15) is 0 Å². The van der Waals surface area contributed by atoms with Crippen LogP contribution in [0.5, 0.6) is 0 Å². The minimum atomic E-state index is 0.0963. The van der Waals surface area contributed by atoms with Crippen molar-refractivity contribution in [1.82, 2.24) is 15.2 Å². The summed E-state index contributed by atoms with van der Waals surface area (Å²) in [5.41, 5.74) is 3.35. The summed E-state index contributed by atoms with van der Waals surface area (Å²) in [7, 11) is 0. The number of carbonyl (C=O) groups is 1. The summed E-state index contributed by atoms with van der Waals surface area (Å²) in [4.78, 5) is 18.9. The van der Waals surface area contributed by atoms with E-state index < -0.39 is 0 Å². The van der Waals surface area contributed by atoms with Gasteiger partial charge in [0.25, 0.3) is 0 Å². The number of likely N-dealkylation sites (tertiary alicyclic amines) is 1. The molecule has 1 fully saturated rings. The highest BCUT2D eigenvalue weighted by atomic mass is 32.1. The normalized spacial score (nSPS) is 15.5. The zero-order chi connectivity index (χ0) is 16.1. The molecule has 1 aromatic heterocycles. The number of aryl methyl sites for hydroxylation is 1. The third-order valence-corrected chi connectivity index (χ3v) is 5.00. The van der Waals surface area contributed by atoms with Crippen LogP contribution in [0.1, 0.15) is 29.8 Å². The number of rotatable bonds is 5. The highest BCUT2D eigenvalue weighted by molar-refractivity contribution is 7.09. The summed E-state index contributed by atoms with van der Waals surface area (Å²) in [6, 6.07) is 8.36. The number of thiazole rings is 1. The molecule has 2 heterocycles. The minimum Gasteiger partial charge on any atom is -0.348 e. The number of amides is 1. The predicted octanol–water partition coefficient (Wildman–Crippen LogP) is 3.22. The summed E-state index contributed by atoms with van der Waals surface area (Å²) in [6.45, 7) is 5.19. The Labute approximate surface area is 141 Å². The van der Waals surface area contributed by atoms with Gasteiger partial charge >= 0.3 is 0 Å². The molecular weight excluding hydrogens is 306 g/mol. The second-order valence-electron chi connectivity index (χ2n) is 6.11. The van der Waals surface area contributed by atoms with Gasteiger partial charge in [-0.05, 0) is 32.9 Å². The molecule has 4 nitrogen and oxygen atoms in total. The summed E-state index contributed by atoms with van der Waals surface area (Å²) in [5.74, 6) is 0.0963. The summed E-state index contributed by atoms with van der Waals surface area (Å²) in [5, 5.41) is 5.99. The molecule has 1 aliphatic heterocycles. The predicted molar refractivity (Wildman–Crippen MR) is 94.4 cm³/mol. The maximum atomic E-state index is 12.0. The first-order chi connectivity index (χ1) is 11.2. The Kier molecular flexibility index (Phi) is 5.41. The average molecular weight is 329 g/mol. The Morgan fingerprint density at radius 3 is 2.70 bits per heavy atom. The van der Waals surface area contributed by atoms with Gasteiger partial charge in [0.2, 0.25) is 5.91 Å². The molecule has 0 unspecified atom stereocenters. The van der Waals surface area contributed by atoms with Gasteiger partial charge in [-0.15, -0.1) is 11.3 Å². The second-order valence-corrected chi connectivity index (χ2v) is 7.05. The van der Waals surface area contributed by atoms with Crippen molar-refractivity contribution < 1.29 is 4.79 Å². The molecule has 3 rings (SSSR count). The summed E-state index contributed by atoms with van der Waals surface area (Å²) in [6.07, 6.45) is 3.71. The van der Waals surface area contributed by atoms with Gasteiger partial charge in [0.1, 0.15) is 5.01 Å². The van der Waals surface area contributed by atoms with Gasteiger partial charge in [0.05, 0.1) is 18.8 Å². The van der Waals surface area contributed by atoms with Crippen molar-refractivity contribution in [1.29, 1.82) is 0 Å². The third-order valence-electron chi connectivity index (χ3n) is 4.15. The summed E-state index contributed by atoms with van der Waals surface area (Å²) < 4.78 is 0. The van der Waals surface area contributed by atoms with Gasteiger partial charge in [0, 0.05) is 10.9 Å². The largest absolute Gasteiger partial charge is 0.348 e. The molecule has 0 aliphatic carbocycles. The van der Waals surface area contributed by atoms with Gasteiger partial charge in [-0.25, -0.2) is 4.98 Å². The number of nitrogens with one attached hydrogen (secondary N) is 1. The van der Waals surface area contributed by atoms with Crippen molar-refractivity contribution in [3.05, 3.63) is 40.2 Å². The van der Waals surface area contributed by atoms with Gasteiger partial charge in [-0.1, -0.05) is 36.2 Å². The molecule has 1 amide bonds. The average Bonchev–Trinajstić information content (AvgIpc) is 3.04. The smallest absolute Gasteiger partial charge is 0.234 e. The molecule has 122 valence electrons. The van der Waals surface area contributed by atoms with Gasteiger partial charge in [0.15, 0.2) is 0 Å². The minimum absolute atomic E-state index is 0.0963. The number of aromatic nitrogens is 1. The van der Waals surface area contributed by atoms with Crippen LogP contribution in [-0.4, -0.2) is 35.4 Å². The second kappa shape index (κ2) is 7.70. The van der Waals surface area contributed by atoms with Crippen molar-refractivity contribution in [2.75, 3.05) is 19.6 Å². The van der Waals surface area contributed by atoms with E-state index >= 15 is 0 Å². The molecular formula is C18H23N3OS. The van der Waals surface area contributed by atoms with E-state index in [2.05, 4.69) is 51.8 Å². The number of hydrogen-bond acceptors (Lipinski definition) is 4.